The third kappa shape index (κ3) is 2.97. The monoisotopic (exact) mass is 238 g/mol. The summed E-state index contributed by atoms with van der Waals surface area (Å²) in [6.45, 7) is -0.311. The summed E-state index contributed by atoms with van der Waals surface area (Å²) >= 11 is 5.58. The van der Waals surface area contributed by atoms with Crippen LogP contribution in [-0.2, 0) is 0 Å². The lowest BCUT2D eigenvalue weighted by Crippen LogP contribution is -1.90. The van der Waals surface area contributed by atoms with Gasteiger partial charge in [-0.1, -0.05) is 23.7 Å². The van der Waals surface area contributed by atoms with Gasteiger partial charge in [0.25, 0.3) is 0 Å². The van der Waals surface area contributed by atoms with Crippen LogP contribution in [-0.4, -0.2) is 11.7 Å². The van der Waals surface area contributed by atoms with Gasteiger partial charge in [0.2, 0.25) is 0 Å². The lowest BCUT2D eigenvalue weighted by molar-refractivity contribution is 0.343. The van der Waals surface area contributed by atoms with Crippen molar-refractivity contribution >= 4 is 30.1 Å². The van der Waals surface area contributed by atoms with Crippen LogP contribution in [0.4, 0.5) is 8.78 Å². The Balaban J connectivity index is 0.00000169. The zero-order valence-electron chi connectivity index (χ0n) is 7.10. The van der Waals surface area contributed by atoms with Crippen molar-refractivity contribution in [2.24, 2.45) is 0 Å². The summed E-state index contributed by atoms with van der Waals surface area (Å²) < 4.78 is 25.6. The van der Waals surface area contributed by atoms with Crippen LogP contribution in [0.5, 0.6) is 0 Å². The first-order valence-electron chi connectivity index (χ1n) is 3.57. The predicted octanol–water partition coefficient (Wildman–Crippen LogP) is 2.65. The highest BCUT2D eigenvalue weighted by Crippen LogP contribution is 2.22. The van der Waals surface area contributed by atoms with Gasteiger partial charge in [-0.3, -0.25) is 0 Å². The largest absolute Gasteiger partial charge is 0.392 e. The first-order chi connectivity index (χ1) is 6.16. The molecule has 0 aliphatic heterocycles. The minimum atomic E-state index is -1.00. The number of hydrogen-bond acceptors (Lipinski definition) is 1. The van der Waals surface area contributed by atoms with Crippen molar-refractivity contribution in [1.29, 1.82) is 0 Å². The summed E-state index contributed by atoms with van der Waals surface area (Å²) in [5.41, 5.74) is -0.0456. The molecule has 1 aromatic carbocycles. The quantitative estimate of drug-likeness (QED) is 0.840. The lowest BCUT2D eigenvalue weighted by Gasteiger charge is -2.01. The van der Waals surface area contributed by atoms with E-state index < -0.39 is 11.6 Å². The van der Waals surface area contributed by atoms with E-state index in [2.05, 4.69) is 0 Å². The van der Waals surface area contributed by atoms with Crippen LogP contribution in [0.3, 0.4) is 0 Å². The zero-order chi connectivity index (χ0) is 9.84. The Hall–Kier alpha value is -0.580. The smallest absolute Gasteiger partial charge is 0.167 e. The van der Waals surface area contributed by atoms with E-state index in [1.807, 2.05) is 0 Å². The van der Waals surface area contributed by atoms with E-state index in [0.717, 1.165) is 6.07 Å². The molecule has 0 aliphatic rings. The first kappa shape index (κ1) is 13.4. The van der Waals surface area contributed by atoms with Crippen molar-refractivity contribution in [2.75, 3.05) is 6.61 Å². The number of hydrogen-bond donors (Lipinski definition) is 1. The van der Waals surface area contributed by atoms with Crippen LogP contribution in [0.25, 0.3) is 5.03 Å². The number of aliphatic hydroxyl groups is 1. The molecule has 0 spiro atoms. The van der Waals surface area contributed by atoms with Gasteiger partial charge in [-0.05, 0) is 12.1 Å². The fourth-order valence-corrected chi connectivity index (χ4v) is 1.09. The van der Waals surface area contributed by atoms with E-state index in [-0.39, 0.29) is 30.7 Å². The van der Waals surface area contributed by atoms with E-state index in [1.54, 1.807) is 0 Å². The van der Waals surface area contributed by atoms with Gasteiger partial charge in [-0.25, -0.2) is 8.78 Å². The molecule has 0 unspecified atom stereocenters. The van der Waals surface area contributed by atoms with E-state index in [0.29, 0.717) is 0 Å². The fraction of sp³-hybridized carbons (Fsp3) is 0.111. The molecule has 0 bridgehead atoms. The Morgan fingerprint density at radius 1 is 1.43 bits per heavy atom. The molecule has 0 saturated heterocycles. The Bertz CT molecular complexity index is 342. The number of benzene rings is 1. The van der Waals surface area contributed by atoms with Crippen LogP contribution in [0.2, 0.25) is 0 Å². The maximum Gasteiger partial charge on any atom is 0.167 e. The van der Waals surface area contributed by atoms with Gasteiger partial charge in [0, 0.05) is 10.6 Å². The first-order valence-corrected chi connectivity index (χ1v) is 3.95. The van der Waals surface area contributed by atoms with Crippen molar-refractivity contribution in [3.05, 3.63) is 41.5 Å². The maximum atomic E-state index is 13.0. The summed E-state index contributed by atoms with van der Waals surface area (Å²) in [5.74, 6) is -1.96. The zero-order valence-corrected chi connectivity index (χ0v) is 8.85. The predicted molar refractivity (Wildman–Crippen MR) is 57.7 cm³/mol. The molecule has 14 heavy (non-hydrogen) atoms. The second kappa shape index (κ2) is 6.01. The second-order valence-corrected chi connectivity index (χ2v) is 2.74. The van der Waals surface area contributed by atoms with Gasteiger partial charge in [0.05, 0.1) is 6.61 Å². The molecule has 0 aliphatic carbocycles. The normalized spacial score (nSPS) is 11.0. The average molecular weight is 239 g/mol. The van der Waals surface area contributed by atoms with Crippen LogP contribution >= 0.6 is 25.1 Å². The molecule has 0 amide bonds. The van der Waals surface area contributed by atoms with Crippen LogP contribution < -0.4 is 0 Å². The topological polar surface area (TPSA) is 20.2 Å². The Kier molecular flexibility index (Phi) is 5.76. The third-order valence-corrected chi connectivity index (χ3v) is 1.84. The molecule has 1 rings (SSSR count). The lowest BCUT2D eigenvalue weighted by atomic mass is 10.2. The summed E-state index contributed by atoms with van der Waals surface area (Å²) in [7, 11) is 0. The minimum Gasteiger partial charge on any atom is -0.392 e. The number of aliphatic hydroxyl groups excluding tert-OH is 1. The Morgan fingerprint density at radius 2 is 2.07 bits per heavy atom. The summed E-state index contributed by atoms with van der Waals surface area (Å²) in [4.78, 5) is 0. The molecular weight excluding hydrogens is 230 g/mol. The molecule has 0 aromatic heterocycles. The number of halogens is 3. The maximum absolute atomic E-state index is 13.0. The second-order valence-electron chi connectivity index (χ2n) is 2.34. The Labute approximate surface area is 92.5 Å². The van der Waals surface area contributed by atoms with Crippen LogP contribution in [0.15, 0.2) is 24.3 Å². The molecule has 0 atom stereocenters. The molecule has 0 radical (unpaired) electrons. The van der Waals surface area contributed by atoms with Gasteiger partial charge < -0.3 is 5.11 Å². The van der Waals surface area contributed by atoms with E-state index in [1.165, 1.54) is 18.2 Å². The van der Waals surface area contributed by atoms with Crippen LogP contribution in [0.1, 0.15) is 5.56 Å². The van der Waals surface area contributed by atoms with E-state index in [9.17, 15) is 8.78 Å². The molecule has 78 valence electrons. The molecule has 0 fully saturated rings. The molecule has 1 aromatic rings. The van der Waals surface area contributed by atoms with Crippen molar-refractivity contribution in [3.8, 4) is 0 Å². The third-order valence-electron chi connectivity index (χ3n) is 1.48. The number of rotatable bonds is 2. The molecule has 0 saturated carbocycles. The fourth-order valence-electron chi connectivity index (χ4n) is 0.878. The van der Waals surface area contributed by atoms with Crippen molar-refractivity contribution in [3.63, 3.8) is 0 Å². The highest BCUT2D eigenvalue weighted by atomic mass is 35.5. The van der Waals surface area contributed by atoms with Crippen LogP contribution in [0, 0.1) is 11.6 Å². The highest BCUT2D eigenvalue weighted by Gasteiger charge is 2.09. The van der Waals surface area contributed by atoms with Gasteiger partial charge in [-0.2, -0.15) is 13.5 Å². The standard InChI is InChI=1S/C9H7ClF2O.H2S/c10-7(4-5-13)6-2-1-3-8(11)9(6)12;/h1-4,13H,5H2;1H2/b7-4+;. The Morgan fingerprint density at radius 3 is 2.64 bits per heavy atom. The molecule has 1 N–H and O–H groups in total. The molecule has 0 heterocycles. The summed E-state index contributed by atoms with van der Waals surface area (Å²) in [6.07, 6.45) is 1.19. The highest BCUT2D eigenvalue weighted by molar-refractivity contribution is 7.59. The molecular formula is C9H9ClF2OS. The molecule has 5 heteroatoms. The van der Waals surface area contributed by atoms with E-state index >= 15 is 0 Å². The summed E-state index contributed by atoms with van der Waals surface area (Å²) in [6, 6.07) is 3.69. The van der Waals surface area contributed by atoms with Gasteiger partial charge in [0.15, 0.2) is 11.6 Å². The average Bonchev–Trinajstić information content (AvgIpc) is 2.10. The van der Waals surface area contributed by atoms with E-state index in [4.69, 9.17) is 16.7 Å². The van der Waals surface area contributed by atoms with Gasteiger partial charge in [0.1, 0.15) is 0 Å². The SMILES string of the molecule is OC/C=C(/Cl)c1cccc(F)c1F.S. The minimum absolute atomic E-state index is 0. The van der Waals surface area contributed by atoms with Gasteiger partial charge in [-0.15, -0.1) is 0 Å². The summed E-state index contributed by atoms with van der Waals surface area (Å²) in [5, 5.41) is 8.48. The van der Waals surface area contributed by atoms with Crippen molar-refractivity contribution in [1.82, 2.24) is 0 Å². The van der Waals surface area contributed by atoms with Gasteiger partial charge >= 0.3 is 0 Å². The molecule has 1 nitrogen and oxygen atoms in total. The van der Waals surface area contributed by atoms with Crippen molar-refractivity contribution < 1.29 is 13.9 Å². The van der Waals surface area contributed by atoms with Crippen molar-refractivity contribution in [2.45, 2.75) is 0 Å².